The predicted octanol–water partition coefficient (Wildman–Crippen LogP) is 3.57. The fraction of sp³-hybridized carbons (Fsp3) is 0.0667. The van der Waals surface area contributed by atoms with Crippen LogP contribution in [0.3, 0.4) is 0 Å². The Balaban J connectivity index is 1.74. The molecule has 0 saturated carbocycles. The number of hydrogen-bond acceptors (Lipinski definition) is 4. The normalized spacial score (nSPS) is 10.6. The van der Waals surface area contributed by atoms with Crippen molar-refractivity contribution in [2.24, 2.45) is 0 Å². The Labute approximate surface area is 119 Å². The molecule has 1 N–H and O–H groups in total. The van der Waals surface area contributed by atoms with Crippen molar-refractivity contribution in [2.75, 3.05) is 0 Å². The largest absolute Gasteiger partial charge is 0.487 e. The first-order chi connectivity index (χ1) is 9.74. The van der Waals surface area contributed by atoms with E-state index in [2.05, 4.69) is 22.5 Å². The number of carboxylic acid groups (broad SMARTS) is 1. The van der Waals surface area contributed by atoms with Crippen LogP contribution in [0.2, 0.25) is 0 Å². The monoisotopic (exact) mass is 285 g/mol. The highest BCUT2D eigenvalue weighted by molar-refractivity contribution is 7.17. The second-order valence-electron chi connectivity index (χ2n) is 4.23. The molecule has 0 fully saturated rings. The number of aromatic carboxylic acids is 1. The minimum absolute atomic E-state index is 0.0123. The zero-order valence-corrected chi connectivity index (χ0v) is 11.3. The van der Waals surface area contributed by atoms with Crippen molar-refractivity contribution in [3.05, 3.63) is 59.2 Å². The highest BCUT2D eigenvalue weighted by Crippen LogP contribution is 2.26. The van der Waals surface area contributed by atoms with Crippen LogP contribution in [-0.2, 0) is 6.61 Å². The van der Waals surface area contributed by atoms with E-state index in [0.29, 0.717) is 12.4 Å². The number of aromatic nitrogens is 1. The summed E-state index contributed by atoms with van der Waals surface area (Å²) in [6.07, 6.45) is 1.43. The predicted molar refractivity (Wildman–Crippen MR) is 77.4 cm³/mol. The van der Waals surface area contributed by atoms with Gasteiger partial charge in [0, 0.05) is 10.3 Å². The molecule has 100 valence electrons. The summed E-state index contributed by atoms with van der Waals surface area (Å²) in [7, 11) is 0. The number of carbonyl (C=O) groups is 1. The third-order valence-corrected chi connectivity index (χ3v) is 3.92. The van der Waals surface area contributed by atoms with Gasteiger partial charge < -0.3 is 9.84 Å². The fourth-order valence-corrected chi connectivity index (χ4v) is 2.85. The summed E-state index contributed by atoms with van der Waals surface area (Å²) < 4.78 is 6.87. The maximum absolute atomic E-state index is 10.7. The molecule has 2 aromatic heterocycles. The van der Waals surface area contributed by atoms with Crippen LogP contribution in [0.5, 0.6) is 5.75 Å². The molecule has 0 bridgehead atoms. The molecule has 0 amide bonds. The van der Waals surface area contributed by atoms with Crippen molar-refractivity contribution in [3.63, 3.8) is 0 Å². The van der Waals surface area contributed by atoms with Gasteiger partial charge in [0.05, 0.1) is 6.20 Å². The second-order valence-corrected chi connectivity index (χ2v) is 5.14. The van der Waals surface area contributed by atoms with Crippen LogP contribution < -0.4 is 4.74 Å². The van der Waals surface area contributed by atoms with E-state index < -0.39 is 5.97 Å². The van der Waals surface area contributed by atoms with Gasteiger partial charge in [-0.05, 0) is 29.0 Å². The topological polar surface area (TPSA) is 59.4 Å². The van der Waals surface area contributed by atoms with E-state index in [1.54, 1.807) is 17.4 Å². The Morgan fingerprint density at radius 2 is 2.10 bits per heavy atom. The van der Waals surface area contributed by atoms with E-state index in [1.165, 1.54) is 22.3 Å². The molecule has 0 aliphatic carbocycles. The molecule has 0 saturated heterocycles. The lowest BCUT2D eigenvalue weighted by atomic mass is 10.2. The van der Waals surface area contributed by atoms with Gasteiger partial charge in [-0.3, -0.25) is 0 Å². The van der Waals surface area contributed by atoms with Crippen molar-refractivity contribution in [1.82, 2.24) is 4.98 Å². The summed E-state index contributed by atoms with van der Waals surface area (Å²) >= 11 is 1.68. The number of hydrogen-bond donors (Lipinski definition) is 1. The first-order valence-electron chi connectivity index (χ1n) is 6.01. The highest BCUT2D eigenvalue weighted by Gasteiger charge is 2.06. The summed E-state index contributed by atoms with van der Waals surface area (Å²) in [4.78, 5) is 14.5. The quantitative estimate of drug-likeness (QED) is 0.796. The van der Waals surface area contributed by atoms with E-state index in [0.717, 1.165) is 5.56 Å². The first-order valence-corrected chi connectivity index (χ1v) is 6.89. The number of benzene rings is 1. The third-order valence-electron chi connectivity index (χ3n) is 2.91. The van der Waals surface area contributed by atoms with Crippen LogP contribution in [0.25, 0.3) is 10.1 Å². The second kappa shape index (κ2) is 5.30. The molecule has 3 aromatic rings. The van der Waals surface area contributed by atoms with E-state index in [-0.39, 0.29) is 5.69 Å². The number of rotatable bonds is 4. The first kappa shape index (κ1) is 12.6. The zero-order chi connectivity index (χ0) is 13.9. The lowest BCUT2D eigenvalue weighted by molar-refractivity contribution is 0.0690. The Kier molecular flexibility index (Phi) is 3.35. The van der Waals surface area contributed by atoms with Crippen molar-refractivity contribution in [2.45, 2.75) is 6.61 Å². The van der Waals surface area contributed by atoms with Gasteiger partial charge in [0.25, 0.3) is 0 Å². The van der Waals surface area contributed by atoms with Gasteiger partial charge in [0.15, 0.2) is 0 Å². The van der Waals surface area contributed by atoms with E-state index >= 15 is 0 Å². The van der Waals surface area contributed by atoms with Crippen molar-refractivity contribution in [3.8, 4) is 5.75 Å². The molecule has 4 nitrogen and oxygen atoms in total. The Morgan fingerprint density at radius 1 is 1.25 bits per heavy atom. The molecule has 20 heavy (non-hydrogen) atoms. The Morgan fingerprint density at radius 3 is 2.85 bits per heavy atom. The lowest BCUT2D eigenvalue weighted by Gasteiger charge is -2.05. The van der Waals surface area contributed by atoms with Crippen LogP contribution in [0, 0.1) is 0 Å². The molecule has 0 aliphatic heterocycles. The molecule has 1 aromatic carbocycles. The molecule has 2 heterocycles. The summed E-state index contributed by atoms with van der Waals surface area (Å²) in [6, 6.07) is 11.2. The maximum Gasteiger partial charge on any atom is 0.354 e. The summed E-state index contributed by atoms with van der Waals surface area (Å²) in [5.74, 6) is -0.481. The van der Waals surface area contributed by atoms with Crippen molar-refractivity contribution >= 4 is 27.4 Å². The van der Waals surface area contributed by atoms with Crippen molar-refractivity contribution < 1.29 is 14.6 Å². The smallest absolute Gasteiger partial charge is 0.354 e. The molecular formula is C15H11NO3S. The lowest BCUT2D eigenvalue weighted by Crippen LogP contribution is -2.00. The van der Waals surface area contributed by atoms with Crippen LogP contribution in [0.4, 0.5) is 0 Å². The standard InChI is InChI=1S/C15H11NO3S/c17-15(18)13-6-5-11(7-16-13)19-8-10-9-20-14-4-2-1-3-12(10)14/h1-7,9H,8H2,(H,17,18). The summed E-state index contributed by atoms with van der Waals surface area (Å²) in [6.45, 7) is 0.443. The van der Waals surface area contributed by atoms with Crippen LogP contribution in [-0.4, -0.2) is 16.1 Å². The van der Waals surface area contributed by atoms with Gasteiger partial charge in [0.2, 0.25) is 0 Å². The molecule has 0 atom stereocenters. The SMILES string of the molecule is O=C(O)c1ccc(OCc2csc3ccccc23)cn1. The number of carboxylic acids is 1. The molecule has 0 radical (unpaired) electrons. The zero-order valence-electron chi connectivity index (χ0n) is 10.4. The third kappa shape index (κ3) is 2.48. The van der Waals surface area contributed by atoms with Gasteiger partial charge in [-0.25, -0.2) is 9.78 Å². The summed E-state index contributed by atoms with van der Waals surface area (Å²) in [5.41, 5.74) is 1.13. The number of fused-ring (bicyclic) bond motifs is 1. The minimum Gasteiger partial charge on any atom is -0.487 e. The number of nitrogens with zero attached hydrogens (tertiary/aromatic N) is 1. The Hall–Kier alpha value is -2.40. The van der Waals surface area contributed by atoms with Gasteiger partial charge in [0.1, 0.15) is 18.1 Å². The van der Waals surface area contributed by atoms with E-state index in [9.17, 15) is 4.79 Å². The average molecular weight is 285 g/mol. The number of thiophene rings is 1. The number of ether oxygens (including phenoxy) is 1. The van der Waals surface area contributed by atoms with Crippen LogP contribution >= 0.6 is 11.3 Å². The van der Waals surface area contributed by atoms with Gasteiger partial charge >= 0.3 is 5.97 Å². The maximum atomic E-state index is 10.7. The van der Waals surface area contributed by atoms with Gasteiger partial charge in [-0.1, -0.05) is 18.2 Å². The van der Waals surface area contributed by atoms with Gasteiger partial charge in [-0.15, -0.1) is 11.3 Å². The fourth-order valence-electron chi connectivity index (χ4n) is 1.90. The molecular weight excluding hydrogens is 274 g/mol. The molecule has 0 spiro atoms. The Bertz CT molecular complexity index is 749. The average Bonchev–Trinajstić information content (AvgIpc) is 2.89. The van der Waals surface area contributed by atoms with Crippen molar-refractivity contribution in [1.29, 1.82) is 0 Å². The van der Waals surface area contributed by atoms with Crippen LogP contribution in [0.1, 0.15) is 16.1 Å². The van der Waals surface area contributed by atoms with E-state index in [1.807, 2.05) is 12.1 Å². The summed E-state index contributed by atoms with van der Waals surface area (Å²) in [5, 5.41) is 12.0. The molecule has 5 heteroatoms. The van der Waals surface area contributed by atoms with Gasteiger partial charge in [-0.2, -0.15) is 0 Å². The molecule has 0 aliphatic rings. The minimum atomic E-state index is -1.04. The number of pyridine rings is 1. The highest BCUT2D eigenvalue weighted by atomic mass is 32.1. The molecule has 0 unspecified atom stereocenters. The van der Waals surface area contributed by atoms with E-state index in [4.69, 9.17) is 9.84 Å². The van der Waals surface area contributed by atoms with Crippen LogP contribution in [0.15, 0.2) is 48.0 Å². The molecule has 3 rings (SSSR count).